The topological polar surface area (TPSA) is 74.6 Å². The van der Waals surface area contributed by atoms with Crippen LogP contribution in [-0.2, 0) is 9.59 Å². The van der Waals surface area contributed by atoms with Gasteiger partial charge in [0, 0.05) is 12.3 Å². The van der Waals surface area contributed by atoms with Crippen LogP contribution in [0.4, 0.5) is 8.78 Å². The van der Waals surface area contributed by atoms with E-state index in [1.54, 1.807) is 6.92 Å². The van der Waals surface area contributed by atoms with E-state index < -0.39 is 36.1 Å². The van der Waals surface area contributed by atoms with Crippen LogP contribution in [0.1, 0.15) is 45.4 Å². The van der Waals surface area contributed by atoms with Gasteiger partial charge in [-0.3, -0.25) is 9.59 Å². The second-order valence-electron chi connectivity index (χ2n) is 5.60. The summed E-state index contributed by atoms with van der Waals surface area (Å²) in [5.74, 6) is -6.52. The smallest absolute Gasteiger partial charge is 0.309 e. The first kappa shape index (κ1) is 17.8. The highest BCUT2D eigenvalue weighted by molar-refractivity contribution is 5.95. The summed E-state index contributed by atoms with van der Waals surface area (Å²) in [6.07, 6.45) is 2.52. The normalized spacial score (nSPS) is 26.4. The first-order valence-electron chi connectivity index (χ1n) is 7.28. The number of carbonyl (C=O) groups is 2. The Labute approximate surface area is 122 Å². The Morgan fingerprint density at radius 3 is 2.57 bits per heavy atom. The number of carboxylic acid groups (broad SMARTS) is 1. The summed E-state index contributed by atoms with van der Waals surface area (Å²) in [6.45, 7) is 1.77. The lowest BCUT2D eigenvalue weighted by atomic mass is 9.90. The summed E-state index contributed by atoms with van der Waals surface area (Å²) in [6, 6.07) is 0. The lowest BCUT2D eigenvalue weighted by Crippen LogP contribution is -2.27. The van der Waals surface area contributed by atoms with Gasteiger partial charge in [-0.05, 0) is 31.3 Å². The Kier molecular flexibility index (Phi) is 6.45. The number of ketones is 1. The van der Waals surface area contributed by atoms with Crippen molar-refractivity contribution in [2.45, 2.75) is 57.5 Å². The van der Waals surface area contributed by atoms with Crippen molar-refractivity contribution < 1.29 is 28.6 Å². The van der Waals surface area contributed by atoms with E-state index >= 15 is 0 Å². The summed E-state index contributed by atoms with van der Waals surface area (Å²) in [5.41, 5.74) is 0. The molecule has 3 atom stereocenters. The predicted molar refractivity (Wildman–Crippen MR) is 73.1 cm³/mol. The number of carboxylic acids is 1. The van der Waals surface area contributed by atoms with E-state index in [-0.39, 0.29) is 18.8 Å². The van der Waals surface area contributed by atoms with Gasteiger partial charge in [0.05, 0.1) is 12.5 Å². The highest BCUT2D eigenvalue weighted by Gasteiger charge is 2.38. The van der Waals surface area contributed by atoms with E-state index in [0.29, 0.717) is 19.3 Å². The Hall–Kier alpha value is -1.30. The number of rotatable bonds is 8. The first-order chi connectivity index (χ1) is 9.77. The molecule has 1 rings (SSSR count). The molecule has 0 spiro atoms. The number of aliphatic carboxylic acids is 1. The van der Waals surface area contributed by atoms with Gasteiger partial charge < -0.3 is 10.2 Å². The molecule has 0 amide bonds. The molecule has 0 unspecified atom stereocenters. The fraction of sp³-hybridized carbons (Fsp3) is 0.733. The average Bonchev–Trinajstić information content (AvgIpc) is 2.74. The molecule has 0 bridgehead atoms. The second kappa shape index (κ2) is 7.64. The fourth-order valence-electron chi connectivity index (χ4n) is 2.66. The van der Waals surface area contributed by atoms with E-state index in [4.69, 9.17) is 5.11 Å². The minimum absolute atomic E-state index is 0.226. The number of carbonyl (C=O) groups excluding carboxylic acids is 1. The molecule has 0 saturated heterocycles. The predicted octanol–water partition coefficient (Wildman–Crippen LogP) is 2.80. The maximum atomic E-state index is 13.5. The second-order valence-corrected chi connectivity index (χ2v) is 5.60. The average molecular weight is 304 g/mol. The zero-order valence-corrected chi connectivity index (χ0v) is 12.1. The van der Waals surface area contributed by atoms with Crippen LogP contribution in [0.2, 0.25) is 0 Å². The summed E-state index contributed by atoms with van der Waals surface area (Å²) in [5, 5.41) is 18.5. The van der Waals surface area contributed by atoms with Crippen molar-refractivity contribution in [2.24, 2.45) is 11.8 Å². The molecule has 0 heterocycles. The van der Waals surface area contributed by atoms with E-state index in [1.807, 2.05) is 0 Å². The standard InChI is InChI=1S/C15H22F2O4/c1-2-3-8-15(16,17)13(19)7-5-10-4-6-12(18)11(10)9-14(20)21/h5,7,10-12,18H,2-4,6,8-9H2,1H3,(H,20,21)/t10-,11-,12+/m1/s1. The first-order valence-corrected chi connectivity index (χ1v) is 7.28. The molecule has 0 radical (unpaired) electrons. The van der Waals surface area contributed by atoms with Crippen molar-refractivity contribution in [3.05, 3.63) is 12.2 Å². The monoisotopic (exact) mass is 304 g/mol. The highest BCUT2D eigenvalue weighted by atomic mass is 19.3. The highest BCUT2D eigenvalue weighted by Crippen LogP contribution is 2.36. The molecule has 6 heteroatoms. The van der Waals surface area contributed by atoms with Crippen LogP contribution in [0.5, 0.6) is 0 Å². The largest absolute Gasteiger partial charge is 0.481 e. The fourth-order valence-corrected chi connectivity index (χ4v) is 2.66. The number of alkyl halides is 2. The van der Waals surface area contributed by atoms with Gasteiger partial charge in [0.2, 0.25) is 5.78 Å². The molecule has 0 aromatic rings. The van der Waals surface area contributed by atoms with Gasteiger partial charge in [-0.2, -0.15) is 8.78 Å². The van der Waals surface area contributed by atoms with Gasteiger partial charge in [-0.25, -0.2) is 0 Å². The molecule has 1 aliphatic rings. The molecule has 1 aliphatic carbocycles. The lowest BCUT2D eigenvalue weighted by molar-refractivity contribution is -0.139. The maximum Gasteiger partial charge on any atom is 0.309 e. The quantitative estimate of drug-likeness (QED) is 0.676. The zero-order chi connectivity index (χ0) is 16.0. The van der Waals surface area contributed by atoms with E-state index in [2.05, 4.69) is 0 Å². The minimum atomic E-state index is -3.37. The third-order valence-electron chi connectivity index (χ3n) is 3.95. The summed E-state index contributed by atoms with van der Waals surface area (Å²) >= 11 is 0. The minimum Gasteiger partial charge on any atom is -0.481 e. The zero-order valence-electron chi connectivity index (χ0n) is 12.1. The Morgan fingerprint density at radius 2 is 2.00 bits per heavy atom. The van der Waals surface area contributed by atoms with Crippen LogP contribution >= 0.6 is 0 Å². The molecule has 0 aromatic heterocycles. The summed E-state index contributed by atoms with van der Waals surface area (Å²) in [4.78, 5) is 22.3. The van der Waals surface area contributed by atoms with Gasteiger partial charge in [0.15, 0.2) is 0 Å². The van der Waals surface area contributed by atoms with Crippen molar-refractivity contribution in [1.82, 2.24) is 0 Å². The van der Waals surface area contributed by atoms with Gasteiger partial charge in [0.1, 0.15) is 0 Å². The maximum absolute atomic E-state index is 13.5. The molecule has 21 heavy (non-hydrogen) atoms. The number of unbranched alkanes of at least 4 members (excludes halogenated alkanes) is 1. The van der Waals surface area contributed by atoms with E-state index in [9.17, 15) is 23.5 Å². The Balaban J connectivity index is 2.65. The Bertz CT molecular complexity index is 406. The molecule has 1 fully saturated rings. The summed E-state index contributed by atoms with van der Waals surface area (Å²) < 4.78 is 27.0. The molecule has 4 nitrogen and oxygen atoms in total. The van der Waals surface area contributed by atoms with Crippen molar-refractivity contribution >= 4 is 11.8 Å². The molecule has 2 N–H and O–H groups in total. The number of hydrogen-bond donors (Lipinski definition) is 2. The third-order valence-corrected chi connectivity index (χ3v) is 3.95. The SMILES string of the molecule is CCCCC(F)(F)C(=O)C=C[C@H]1CC[C@H](O)[C@@H]1CC(=O)O. The van der Waals surface area contributed by atoms with Crippen molar-refractivity contribution in [1.29, 1.82) is 0 Å². The molecular formula is C15H22F2O4. The molecule has 1 saturated carbocycles. The van der Waals surface area contributed by atoms with Gasteiger partial charge in [-0.15, -0.1) is 0 Å². The molecule has 0 aliphatic heterocycles. The van der Waals surface area contributed by atoms with Gasteiger partial charge >= 0.3 is 11.9 Å². The van der Waals surface area contributed by atoms with Crippen molar-refractivity contribution in [3.8, 4) is 0 Å². The van der Waals surface area contributed by atoms with Crippen molar-refractivity contribution in [3.63, 3.8) is 0 Å². The van der Waals surface area contributed by atoms with E-state index in [1.165, 1.54) is 6.08 Å². The van der Waals surface area contributed by atoms with Crippen molar-refractivity contribution in [2.75, 3.05) is 0 Å². The number of allylic oxidation sites excluding steroid dienone is 2. The number of aliphatic hydroxyl groups excluding tert-OH is 1. The third kappa shape index (κ3) is 5.19. The van der Waals surface area contributed by atoms with Crippen LogP contribution < -0.4 is 0 Å². The van der Waals surface area contributed by atoms with Crippen LogP contribution in [-0.4, -0.2) is 34.0 Å². The number of hydrogen-bond acceptors (Lipinski definition) is 3. The van der Waals surface area contributed by atoms with Crippen LogP contribution in [0, 0.1) is 11.8 Å². The lowest BCUT2D eigenvalue weighted by Gasteiger charge is -2.17. The van der Waals surface area contributed by atoms with Gasteiger partial charge in [0.25, 0.3) is 0 Å². The molecule has 0 aromatic carbocycles. The van der Waals surface area contributed by atoms with Gasteiger partial charge in [-0.1, -0.05) is 19.4 Å². The Morgan fingerprint density at radius 1 is 1.33 bits per heavy atom. The van der Waals surface area contributed by atoms with Crippen LogP contribution in [0.15, 0.2) is 12.2 Å². The van der Waals surface area contributed by atoms with Crippen LogP contribution in [0.3, 0.4) is 0 Å². The molecule has 120 valence electrons. The molecular weight excluding hydrogens is 282 g/mol. The summed E-state index contributed by atoms with van der Waals surface area (Å²) in [7, 11) is 0. The number of aliphatic hydroxyl groups is 1. The van der Waals surface area contributed by atoms with E-state index in [0.717, 1.165) is 6.08 Å². The number of halogens is 2. The van der Waals surface area contributed by atoms with Crippen LogP contribution in [0.25, 0.3) is 0 Å².